The topological polar surface area (TPSA) is 41.5 Å². The van der Waals surface area contributed by atoms with Gasteiger partial charge >= 0.3 is 0 Å². The van der Waals surface area contributed by atoms with Gasteiger partial charge in [0, 0.05) is 17.7 Å². The van der Waals surface area contributed by atoms with E-state index in [0.29, 0.717) is 6.42 Å². The number of aliphatic hydroxyl groups is 1. The minimum atomic E-state index is -0.292. The Hall–Kier alpha value is -1.22. The van der Waals surface area contributed by atoms with Crippen LogP contribution in [0.15, 0.2) is 18.2 Å². The van der Waals surface area contributed by atoms with Gasteiger partial charge in [-0.2, -0.15) is 0 Å². The molecule has 92 valence electrons. The third kappa shape index (κ3) is 2.12. The fraction of sp³-hybridized carbons (Fsp3) is 0.571. The zero-order chi connectivity index (χ0) is 11.8. The van der Waals surface area contributed by atoms with Crippen LogP contribution in [0.25, 0.3) is 0 Å². The van der Waals surface area contributed by atoms with E-state index in [9.17, 15) is 5.11 Å². The molecule has 0 spiro atoms. The highest BCUT2D eigenvalue weighted by atomic mass is 16.5. The van der Waals surface area contributed by atoms with Gasteiger partial charge < -0.3 is 15.2 Å². The summed E-state index contributed by atoms with van der Waals surface area (Å²) in [6.07, 6.45) is 4.16. The van der Waals surface area contributed by atoms with E-state index in [-0.39, 0.29) is 12.1 Å². The van der Waals surface area contributed by atoms with E-state index in [0.717, 1.165) is 29.3 Å². The molecule has 0 radical (unpaired) electrons. The second-order valence-corrected chi connectivity index (χ2v) is 5.19. The lowest BCUT2D eigenvalue weighted by molar-refractivity contribution is 0.140. The molecule has 1 aromatic rings. The SMILES string of the molecule is COc1cccc2c1CC(O)C(CC1CC1)N2. The van der Waals surface area contributed by atoms with Gasteiger partial charge in [-0.3, -0.25) is 0 Å². The van der Waals surface area contributed by atoms with Crippen molar-refractivity contribution in [2.45, 2.75) is 37.8 Å². The average molecular weight is 233 g/mol. The van der Waals surface area contributed by atoms with Crippen LogP contribution in [0.3, 0.4) is 0 Å². The van der Waals surface area contributed by atoms with Gasteiger partial charge in [0.05, 0.1) is 19.3 Å². The number of benzene rings is 1. The van der Waals surface area contributed by atoms with E-state index in [1.54, 1.807) is 7.11 Å². The predicted octanol–water partition coefficient (Wildman–Crippen LogP) is 2.19. The quantitative estimate of drug-likeness (QED) is 0.841. The number of methoxy groups -OCH3 is 1. The van der Waals surface area contributed by atoms with Crippen molar-refractivity contribution >= 4 is 5.69 Å². The summed E-state index contributed by atoms with van der Waals surface area (Å²) in [5, 5.41) is 13.7. The minimum Gasteiger partial charge on any atom is -0.496 e. The Balaban J connectivity index is 1.83. The standard InChI is InChI=1S/C14H19NO2/c1-17-14-4-2-3-11-10(14)8-13(16)12(15-11)7-9-5-6-9/h2-4,9,12-13,15-16H,5-8H2,1H3. The molecule has 2 atom stereocenters. The number of aliphatic hydroxyl groups excluding tert-OH is 1. The lowest BCUT2D eigenvalue weighted by atomic mass is 9.91. The van der Waals surface area contributed by atoms with Crippen molar-refractivity contribution in [1.82, 2.24) is 0 Å². The van der Waals surface area contributed by atoms with Crippen LogP contribution in [0, 0.1) is 5.92 Å². The van der Waals surface area contributed by atoms with E-state index in [1.807, 2.05) is 12.1 Å². The molecule has 1 aliphatic carbocycles. The molecule has 1 heterocycles. The van der Waals surface area contributed by atoms with Crippen molar-refractivity contribution in [2.24, 2.45) is 5.92 Å². The smallest absolute Gasteiger partial charge is 0.124 e. The van der Waals surface area contributed by atoms with Crippen molar-refractivity contribution in [3.05, 3.63) is 23.8 Å². The first-order chi connectivity index (χ1) is 8.28. The molecule has 0 saturated heterocycles. The first-order valence-electron chi connectivity index (χ1n) is 6.38. The molecule has 1 aliphatic heterocycles. The molecule has 3 rings (SSSR count). The number of fused-ring (bicyclic) bond motifs is 1. The first-order valence-corrected chi connectivity index (χ1v) is 6.38. The van der Waals surface area contributed by atoms with E-state index in [1.165, 1.54) is 12.8 Å². The third-order valence-corrected chi connectivity index (χ3v) is 3.86. The van der Waals surface area contributed by atoms with Gasteiger partial charge in [-0.25, -0.2) is 0 Å². The highest BCUT2D eigenvalue weighted by Gasteiger charge is 2.33. The largest absolute Gasteiger partial charge is 0.496 e. The summed E-state index contributed by atoms with van der Waals surface area (Å²) in [6, 6.07) is 6.23. The molecule has 1 aromatic carbocycles. The molecule has 2 aliphatic rings. The van der Waals surface area contributed by atoms with Gasteiger partial charge in [-0.05, 0) is 24.5 Å². The highest BCUT2D eigenvalue weighted by molar-refractivity contribution is 5.60. The lowest BCUT2D eigenvalue weighted by Crippen LogP contribution is -2.39. The zero-order valence-electron chi connectivity index (χ0n) is 10.1. The summed E-state index contributed by atoms with van der Waals surface area (Å²) in [5.74, 6) is 1.70. The maximum atomic E-state index is 10.2. The molecular weight excluding hydrogens is 214 g/mol. The van der Waals surface area contributed by atoms with Crippen LogP contribution in [0.5, 0.6) is 5.75 Å². The number of hydrogen-bond acceptors (Lipinski definition) is 3. The van der Waals surface area contributed by atoms with Gasteiger partial charge in [-0.15, -0.1) is 0 Å². The van der Waals surface area contributed by atoms with Crippen molar-refractivity contribution < 1.29 is 9.84 Å². The molecular formula is C14H19NO2. The summed E-state index contributed by atoms with van der Waals surface area (Å²) in [7, 11) is 1.68. The van der Waals surface area contributed by atoms with Crippen molar-refractivity contribution in [2.75, 3.05) is 12.4 Å². The van der Waals surface area contributed by atoms with Crippen LogP contribution < -0.4 is 10.1 Å². The molecule has 3 nitrogen and oxygen atoms in total. The van der Waals surface area contributed by atoms with E-state index >= 15 is 0 Å². The van der Waals surface area contributed by atoms with Crippen LogP contribution in [0.4, 0.5) is 5.69 Å². The predicted molar refractivity (Wildman–Crippen MR) is 67.5 cm³/mol. The molecule has 0 aromatic heterocycles. The van der Waals surface area contributed by atoms with Crippen molar-refractivity contribution in [3.63, 3.8) is 0 Å². The second-order valence-electron chi connectivity index (χ2n) is 5.19. The Labute approximate surface area is 102 Å². The summed E-state index contributed by atoms with van der Waals surface area (Å²) in [6.45, 7) is 0. The number of nitrogens with one attached hydrogen (secondary N) is 1. The van der Waals surface area contributed by atoms with Gasteiger partial charge in [0.15, 0.2) is 0 Å². The number of anilines is 1. The molecule has 1 fully saturated rings. The lowest BCUT2D eigenvalue weighted by Gasteiger charge is -2.32. The van der Waals surface area contributed by atoms with Crippen LogP contribution in [0.2, 0.25) is 0 Å². The van der Waals surface area contributed by atoms with Gasteiger partial charge in [0.1, 0.15) is 5.75 Å². The van der Waals surface area contributed by atoms with Gasteiger partial charge in [0.25, 0.3) is 0 Å². The summed E-state index contributed by atoms with van der Waals surface area (Å²) < 4.78 is 5.34. The normalized spacial score (nSPS) is 27.2. The fourth-order valence-corrected chi connectivity index (χ4v) is 2.68. The van der Waals surface area contributed by atoms with E-state index in [4.69, 9.17) is 4.74 Å². The maximum absolute atomic E-state index is 10.2. The summed E-state index contributed by atoms with van der Waals surface area (Å²) in [4.78, 5) is 0. The summed E-state index contributed by atoms with van der Waals surface area (Å²) in [5.41, 5.74) is 2.23. The van der Waals surface area contributed by atoms with Crippen LogP contribution in [0.1, 0.15) is 24.8 Å². The first kappa shape index (κ1) is 10.9. The molecule has 17 heavy (non-hydrogen) atoms. The van der Waals surface area contributed by atoms with Crippen LogP contribution in [-0.2, 0) is 6.42 Å². The Bertz CT molecular complexity index is 415. The van der Waals surface area contributed by atoms with Gasteiger partial charge in [0.2, 0.25) is 0 Å². The molecule has 3 heteroatoms. The highest BCUT2D eigenvalue weighted by Crippen LogP contribution is 2.39. The Morgan fingerprint density at radius 3 is 2.94 bits per heavy atom. The Morgan fingerprint density at radius 2 is 2.24 bits per heavy atom. The average Bonchev–Trinajstić information content (AvgIpc) is 3.13. The maximum Gasteiger partial charge on any atom is 0.124 e. The van der Waals surface area contributed by atoms with Crippen LogP contribution >= 0.6 is 0 Å². The molecule has 0 bridgehead atoms. The number of hydrogen-bond donors (Lipinski definition) is 2. The van der Waals surface area contributed by atoms with E-state index in [2.05, 4.69) is 11.4 Å². The molecule has 1 saturated carbocycles. The Morgan fingerprint density at radius 1 is 1.41 bits per heavy atom. The van der Waals surface area contributed by atoms with Crippen molar-refractivity contribution in [3.8, 4) is 5.75 Å². The second kappa shape index (κ2) is 4.22. The van der Waals surface area contributed by atoms with E-state index < -0.39 is 0 Å². The van der Waals surface area contributed by atoms with Crippen molar-refractivity contribution in [1.29, 1.82) is 0 Å². The zero-order valence-corrected chi connectivity index (χ0v) is 10.1. The third-order valence-electron chi connectivity index (χ3n) is 3.86. The fourth-order valence-electron chi connectivity index (χ4n) is 2.68. The monoisotopic (exact) mass is 233 g/mol. The van der Waals surface area contributed by atoms with Gasteiger partial charge in [-0.1, -0.05) is 18.9 Å². The summed E-state index contributed by atoms with van der Waals surface area (Å²) >= 11 is 0. The molecule has 2 unspecified atom stereocenters. The number of ether oxygens (including phenoxy) is 1. The number of rotatable bonds is 3. The molecule has 0 amide bonds. The van der Waals surface area contributed by atoms with Crippen LogP contribution in [-0.4, -0.2) is 24.4 Å². The minimum absolute atomic E-state index is 0.210. The Kier molecular flexibility index (Phi) is 2.71. The molecule has 2 N–H and O–H groups in total.